The molecule has 0 amide bonds. The van der Waals surface area contributed by atoms with E-state index in [1.807, 2.05) is 37.3 Å². The number of aromatic nitrogens is 2. The third-order valence-electron chi connectivity index (χ3n) is 4.31. The molecule has 0 spiro atoms. The van der Waals surface area contributed by atoms with Crippen LogP contribution in [0.2, 0.25) is 0 Å². The van der Waals surface area contributed by atoms with Gasteiger partial charge in [0, 0.05) is 11.1 Å². The normalized spacial score (nSPS) is 10.5. The van der Waals surface area contributed by atoms with E-state index in [0.717, 1.165) is 33.7 Å². The molecule has 26 heavy (non-hydrogen) atoms. The summed E-state index contributed by atoms with van der Waals surface area (Å²) in [5.41, 5.74) is 4.78. The minimum Gasteiger partial charge on any atom is -0.496 e. The van der Waals surface area contributed by atoms with Crippen LogP contribution in [0.5, 0.6) is 23.0 Å². The van der Waals surface area contributed by atoms with Gasteiger partial charge in [-0.3, -0.25) is 5.10 Å². The molecule has 6 nitrogen and oxygen atoms in total. The van der Waals surface area contributed by atoms with Gasteiger partial charge < -0.3 is 18.9 Å². The number of nitrogens with one attached hydrogen (secondary N) is 1. The molecule has 6 heteroatoms. The molecule has 0 unspecified atom stereocenters. The molecule has 2 aromatic carbocycles. The fourth-order valence-electron chi connectivity index (χ4n) is 2.94. The van der Waals surface area contributed by atoms with E-state index < -0.39 is 0 Å². The Labute approximate surface area is 152 Å². The van der Waals surface area contributed by atoms with Crippen LogP contribution >= 0.6 is 0 Å². The fraction of sp³-hybridized carbons (Fsp3) is 0.250. The fourth-order valence-corrected chi connectivity index (χ4v) is 2.94. The number of methoxy groups -OCH3 is 4. The molecule has 0 aliphatic carbocycles. The quantitative estimate of drug-likeness (QED) is 0.722. The smallest absolute Gasteiger partial charge is 0.203 e. The van der Waals surface area contributed by atoms with Crippen molar-refractivity contribution in [2.75, 3.05) is 28.4 Å². The lowest BCUT2D eigenvalue weighted by Crippen LogP contribution is -1.96. The zero-order valence-corrected chi connectivity index (χ0v) is 15.5. The Bertz CT molecular complexity index is 893. The Kier molecular flexibility index (Phi) is 5.02. The van der Waals surface area contributed by atoms with Gasteiger partial charge in [0.05, 0.1) is 40.3 Å². The molecule has 0 aliphatic heterocycles. The van der Waals surface area contributed by atoms with Crippen molar-refractivity contribution in [2.45, 2.75) is 6.92 Å². The molecule has 1 aromatic heterocycles. The van der Waals surface area contributed by atoms with Gasteiger partial charge in [-0.25, -0.2) is 0 Å². The topological polar surface area (TPSA) is 65.6 Å². The van der Waals surface area contributed by atoms with E-state index in [1.54, 1.807) is 34.6 Å². The summed E-state index contributed by atoms with van der Waals surface area (Å²) in [5, 5.41) is 7.30. The summed E-state index contributed by atoms with van der Waals surface area (Å²) in [7, 11) is 6.45. The molecule has 136 valence electrons. The first-order chi connectivity index (χ1) is 12.6. The van der Waals surface area contributed by atoms with Crippen LogP contribution in [0.15, 0.2) is 36.5 Å². The summed E-state index contributed by atoms with van der Waals surface area (Å²) >= 11 is 0. The highest BCUT2D eigenvalue weighted by Gasteiger charge is 2.18. The largest absolute Gasteiger partial charge is 0.496 e. The van der Waals surface area contributed by atoms with Crippen LogP contribution in [0.1, 0.15) is 5.56 Å². The highest BCUT2D eigenvalue weighted by molar-refractivity contribution is 5.83. The van der Waals surface area contributed by atoms with Gasteiger partial charge in [0.2, 0.25) is 5.75 Å². The second-order valence-electron chi connectivity index (χ2n) is 5.76. The van der Waals surface area contributed by atoms with Crippen molar-refractivity contribution in [3.63, 3.8) is 0 Å². The van der Waals surface area contributed by atoms with Crippen LogP contribution in [0, 0.1) is 6.92 Å². The van der Waals surface area contributed by atoms with E-state index in [4.69, 9.17) is 18.9 Å². The summed E-state index contributed by atoms with van der Waals surface area (Å²) in [6.45, 7) is 2.01. The van der Waals surface area contributed by atoms with E-state index >= 15 is 0 Å². The van der Waals surface area contributed by atoms with Crippen LogP contribution < -0.4 is 18.9 Å². The van der Waals surface area contributed by atoms with Crippen LogP contribution in [0.4, 0.5) is 0 Å². The van der Waals surface area contributed by atoms with Gasteiger partial charge in [-0.1, -0.05) is 12.1 Å². The number of aromatic amines is 1. The van der Waals surface area contributed by atoms with Crippen LogP contribution in [-0.2, 0) is 0 Å². The average Bonchev–Trinajstić information content (AvgIpc) is 3.16. The monoisotopic (exact) mass is 354 g/mol. The van der Waals surface area contributed by atoms with Gasteiger partial charge in [-0.05, 0) is 36.2 Å². The molecule has 3 rings (SSSR count). The highest BCUT2D eigenvalue weighted by atomic mass is 16.5. The predicted molar refractivity (Wildman–Crippen MR) is 100 cm³/mol. The van der Waals surface area contributed by atoms with Gasteiger partial charge in [0.15, 0.2) is 11.5 Å². The van der Waals surface area contributed by atoms with Crippen LogP contribution in [-0.4, -0.2) is 38.6 Å². The highest BCUT2D eigenvalue weighted by Crippen LogP contribution is 2.43. The Hall–Kier alpha value is -3.15. The number of nitrogens with zero attached hydrogens (tertiary/aromatic N) is 1. The molecule has 1 N–H and O–H groups in total. The summed E-state index contributed by atoms with van der Waals surface area (Å²) in [5.74, 6) is 2.56. The van der Waals surface area contributed by atoms with E-state index in [1.165, 1.54) is 0 Å². The number of benzene rings is 2. The molecule has 0 saturated carbocycles. The van der Waals surface area contributed by atoms with Crippen molar-refractivity contribution < 1.29 is 18.9 Å². The van der Waals surface area contributed by atoms with E-state index in [0.29, 0.717) is 17.2 Å². The van der Waals surface area contributed by atoms with Crippen molar-refractivity contribution in [2.24, 2.45) is 0 Å². The number of hydrogen-bond acceptors (Lipinski definition) is 5. The first-order valence-electron chi connectivity index (χ1n) is 8.11. The second kappa shape index (κ2) is 7.39. The molecule has 3 aromatic rings. The maximum Gasteiger partial charge on any atom is 0.203 e. The van der Waals surface area contributed by atoms with Gasteiger partial charge >= 0.3 is 0 Å². The zero-order chi connectivity index (χ0) is 18.7. The Morgan fingerprint density at radius 1 is 0.769 bits per heavy atom. The number of aryl methyl sites for hydroxylation is 1. The minimum absolute atomic E-state index is 0.553. The summed E-state index contributed by atoms with van der Waals surface area (Å²) in [6, 6.07) is 9.86. The summed E-state index contributed by atoms with van der Waals surface area (Å²) in [6.07, 6.45) is 1.79. The third kappa shape index (κ3) is 3.06. The average molecular weight is 354 g/mol. The van der Waals surface area contributed by atoms with Crippen molar-refractivity contribution >= 4 is 0 Å². The maximum atomic E-state index is 5.46. The second-order valence-corrected chi connectivity index (χ2v) is 5.76. The molecule has 0 radical (unpaired) electrons. The Morgan fingerprint density at radius 2 is 1.38 bits per heavy atom. The number of hydrogen-bond donors (Lipinski definition) is 1. The van der Waals surface area contributed by atoms with Gasteiger partial charge in [0.1, 0.15) is 5.75 Å². The molecule has 1 heterocycles. The van der Waals surface area contributed by atoms with Crippen LogP contribution in [0.25, 0.3) is 22.4 Å². The SMILES string of the molecule is COc1cc(-c2cn[nH]c2-c2cc(OC)c(OC)c(OC)c2)ccc1C. The van der Waals surface area contributed by atoms with Gasteiger partial charge in [-0.2, -0.15) is 5.10 Å². The molecule has 0 saturated heterocycles. The van der Waals surface area contributed by atoms with E-state index in [-0.39, 0.29) is 0 Å². The Balaban J connectivity index is 2.14. The maximum absolute atomic E-state index is 5.46. The predicted octanol–water partition coefficient (Wildman–Crippen LogP) is 4.09. The lowest BCUT2D eigenvalue weighted by molar-refractivity contribution is 0.324. The lowest BCUT2D eigenvalue weighted by atomic mass is 10.00. The minimum atomic E-state index is 0.553. The van der Waals surface area contributed by atoms with E-state index in [9.17, 15) is 0 Å². The molecular weight excluding hydrogens is 332 g/mol. The van der Waals surface area contributed by atoms with E-state index in [2.05, 4.69) is 10.2 Å². The van der Waals surface area contributed by atoms with Crippen molar-refractivity contribution in [3.05, 3.63) is 42.1 Å². The van der Waals surface area contributed by atoms with Crippen molar-refractivity contribution in [1.29, 1.82) is 0 Å². The zero-order valence-electron chi connectivity index (χ0n) is 15.5. The summed E-state index contributed by atoms with van der Waals surface area (Å²) in [4.78, 5) is 0. The first-order valence-corrected chi connectivity index (χ1v) is 8.11. The standard InChI is InChI=1S/C20H22N2O4/c1-12-6-7-13(8-16(12)23-2)15-11-21-22-19(15)14-9-17(24-3)20(26-5)18(10-14)25-4/h6-11H,1-5H3,(H,21,22). The van der Waals surface area contributed by atoms with Crippen molar-refractivity contribution in [3.8, 4) is 45.4 Å². The molecule has 0 aliphatic rings. The molecule has 0 fully saturated rings. The molecule has 0 atom stereocenters. The summed E-state index contributed by atoms with van der Waals surface area (Å²) < 4.78 is 21.8. The van der Waals surface area contributed by atoms with Crippen molar-refractivity contribution in [1.82, 2.24) is 10.2 Å². The number of ether oxygens (including phenoxy) is 4. The first kappa shape index (κ1) is 17.7. The third-order valence-corrected chi connectivity index (χ3v) is 4.31. The van der Waals surface area contributed by atoms with Gasteiger partial charge in [0.25, 0.3) is 0 Å². The van der Waals surface area contributed by atoms with Gasteiger partial charge in [-0.15, -0.1) is 0 Å². The molecule has 0 bridgehead atoms. The molecular formula is C20H22N2O4. The van der Waals surface area contributed by atoms with Crippen LogP contribution in [0.3, 0.4) is 0 Å². The Morgan fingerprint density at radius 3 is 1.96 bits per heavy atom. The lowest BCUT2D eigenvalue weighted by Gasteiger charge is -2.14. The number of rotatable bonds is 6. The number of H-pyrrole nitrogens is 1.